The second-order valence-electron chi connectivity index (χ2n) is 2.28. The van der Waals surface area contributed by atoms with E-state index in [0.717, 1.165) is 12.1 Å². The molecule has 1 rings (SSSR count). The summed E-state index contributed by atoms with van der Waals surface area (Å²) in [6.45, 7) is 0. The maximum Gasteiger partial charge on any atom is 0.296 e. The van der Waals surface area contributed by atoms with Crippen molar-refractivity contribution in [2.75, 3.05) is 5.73 Å². The van der Waals surface area contributed by atoms with Crippen LogP contribution in [0.1, 0.15) is 0 Å². The summed E-state index contributed by atoms with van der Waals surface area (Å²) >= 11 is 11.1. The van der Waals surface area contributed by atoms with Gasteiger partial charge in [-0.05, 0) is 12.1 Å². The van der Waals surface area contributed by atoms with Crippen LogP contribution in [0.2, 0.25) is 10.0 Å². The first kappa shape index (κ1) is 10.6. The Hall–Kier alpha value is -0.490. The van der Waals surface area contributed by atoms with Crippen molar-refractivity contribution in [3.63, 3.8) is 0 Å². The van der Waals surface area contributed by atoms with Crippen LogP contribution >= 0.6 is 23.2 Å². The number of hydrogen-bond donors (Lipinski definition) is 2. The van der Waals surface area contributed by atoms with Gasteiger partial charge in [-0.1, -0.05) is 23.2 Å². The number of nitrogens with two attached hydrogens (primary N) is 1. The van der Waals surface area contributed by atoms with E-state index in [-0.39, 0.29) is 15.7 Å². The van der Waals surface area contributed by atoms with Crippen molar-refractivity contribution in [3.05, 3.63) is 22.2 Å². The molecule has 0 saturated heterocycles. The molecule has 0 bridgehead atoms. The molecule has 0 radical (unpaired) electrons. The van der Waals surface area contributed by atoms with Gasteiger partial charge in [0.15, 0.2) is 0 Å². The number of rotatable bonds is 1. The second kappa shape index (κ2) is 3.34. The highest BCUT2D eigenvalue weighted by atomic mass is 35.5. The molecule has 0 fully saturated rings. The lowest BCUT2D eigenvalue weighted by Gasteiger charge is -2.03. The van der Waals surface area contributed by atoms with Crippen LogP contribution in [0.15, 0.2) is 17.0 Å². The zero-order valence-corrected chi connectivity index (χ0v) is 8.49. The number of hydrogen-bond acceptors (Lipinski definition) is 3. The molecular weight excluding hydrogens is 237 g/mol. The number of anilines is 1. The lowest BCUT2D eigenvalue weighted by Crippen LogP contribution is -2.00. The molecule has 13 heavy (non-hydrogen) atoms. The predicted molar refractivity (Wildman–Crippen MR) is 50.7 cm³/mol. The zero-order chi connectivity index (χ0) is 10.2. The molecule has 0 saturated carbocycles. The fourth-order valence-electron chi connectivity index (χ4n) is 0.743. The molecule has 72 valence electrons. The van der Waals surface area contributed by atoms with Crippen LogP contribution in [0.4, 0.5) is 5.69 Å². The van der Waals surface area contributed by atoms with E-state index in [1.54, 1.807) is 0 Å². The summed E-state index contributed by atoms with van der Waals surface area (Å²) in [5.41, 5.74) is 5.36. The maximum atomic E-state index is 10.7. The summed E-state index contributed by atoms with van der Waals surface area (Å²) in [7, 11) is -4.34. The Labute approximate surface area is 85.0 Å². The number of benzene rings is 1. The van der Waals surface area contributed by atoms with Crippen molar-refractivity contribution in [2.24, 2.45) is 0 Å². The van der Waals surface area contributed by atoms with Gasteiger partial charge < -0.3 is 5.73 Å². The molecule has 0 aromatic heterocycles. The van der Waals surface area contributed by atoms with Gasteiger partial charge in [0.1, 0.15) is 4.90 Å². The Kier molecular flexibility index (Phi) is 2.72. The molecule has 3 N–H and O–H groups in total. The topological polar surface area (TPSA) is 80.4 Å². The van der Waals surface area contributed by atoms with Crippen LogP contribution in [-0.4, -0.2) is 13.0 Å². The Bertz CT molecular complexity index is 443. The Morgan fingerprint density at radius 3 is 2.23 bits per heavy atom. The van der Waals surface area contributed by atoms with E-state index in [1.165, 1.54) is 0 Å². The Morgan fingerprint density at radius 2 is 1.77 bits per heavy atom. The van der Waals surface area contributed by atoms with Crippen molar-refractivity contribution >= 4 is 39.0 Å². The monoisotopic (exact) mass is 241 g/mol. The van der Waals surface area contributed by atoms with Crippen molar-refractivity contribution in [3.8, 4) is 0 Å². The number of nitrogen functional groups attached to an aromatic ring is 1. The average molecular weight is 242 g/mol. The third kappa shape index (κ3) is 2.25. The minimum atomic E-state index is -4.34. The van der Waals surface area contributed by atoms with E-state index in [2.05, 4.69) is 0 Å². The highest BCUT2D eigenvalue weighted by molar-refractivity contribution is 7.86. The van der Waals surface area contributed by atoms with E-state index in [9.17, 15) is 8.42 Å². The normalized spacial score (nSPS) is 11.6. The van der Waals surface area contributed by atoms with E-state index in [4.69, 9.17) is 33.5 Å². The molecule has 0 aliphatic rings. The molecule has 0 atom stereocenters. The summed E-state index contributed by atoms with van der Waals surface area (Å²) in [5, 5.41) is -0.0286. The van der Waals surface area contributed by atoms with Crippen LogP contribution in [0, 0.1) is 0 Å². The van der Waals surface area contributed by atoms with Crippen LogP contribution < -0.4 is 5.73 Å². The van der Waals surface area contributed by atoms with Gasteiger partial charge in [-0.25, -0.2) is 0 Å². The molecule has 7 heteroatoms. The van der Waals surface area contributed by atoms with Crippen molar-refractivity contribution in [1.29, 1.82) is 0 Å². The van der Waals surface area contributed by atoms with Gasteiger partial charge in [0.05, 0.1) is 15.7 Å². The predicted octanol–water partition coefficient (Wildman–Crippen LogP) is 1.82. The van der Waals surface area contributed by atoms with Crippen molar-refractivity contribution in [1.82, 2.24) is 0 Å². The zero-order valence-electron chi connectivity index (χ0n) is 6.16. The molecule has 0 amide bonds. The van der Waals surface area contributed by atoms with Crippen LogP contribution in [0.5, 0.6) is 0 Å². The Morgan fingerprint density at radius 1 is 1.23 bits per heavy atom. The van der Waals surface area contributed by atoms with E-state index in [0.29, 0.717) is 0 Å². The first-order valence-electron chi connectivity index (χ1n) is 3.04. The lowest BCUT2D eigenvalue weighted by atomic mass is 10.3. The van der Waals surface area contributed by atoms with E-state index < -0.39 is 15.0 Å². The van der Waals surface area contributed by atoms with E-state index >= 15 is 0 Å². The summed E-state index contributed by atoms with van der Waals surface area (Å²) < 4.78 is 30.1. The van der Waals surface area contributed by atoms with Gasteiger partial charge in [-0.2, -0.15) is 8.42 Å². The average Bonchev–Trinajstić information content (AvgIpc) is 1.94. The summed E-state index contributed by atoms with van der Waals surface area (Å²) in [6.07, 6.45) is 0. The fraction of sp³-hybridized carbons (Fsp3) is 0. The molecule has 0 aliphatic carbocycles. The summed E-state index contributed by atoms with van der Waals surface area (Å²) in [4.78, 5) is -0.448. The third-order valence-corrected chi connectivity index (χ3v) is 2.97. The highest BCUT2D eigenvalue weighted by Crippen LogP contribution is 2.29. The van der Waals surface area contributed by atoms with Crippen LogP contribution in [-0.2, 0) is 10.1 Å². The minimum Gasteiger partial charge on any atom is -0.397 e. The van der Waals surface area contributed by atoms with Gasteiger partial charge in [-0.3, -0.25) is 4.55 Å². The summed E-state index contributed by atoms with van der Waals surface area (Å²) in [5.74, 6) is 0. The first-order valence-corrected chi connectivity index (χ1v) is 5.24. The van der Waals surface area contributed by atoms with Crippen LogP contribution in [0.3, 0.4) is 0 Å². The molecular formula is C6H5Cl2NO3S. The fourth-order valence-corrected chi connectivity index (χ4v) is 2.00. The molecule has 1 aromatic carbocycles. The standard InChI is InChI=1S/C6H5Cl2NO3S/c7-3-1-4(8)6(2-5(3)9)13(10,11)12/h1-2H,9H2,(H,10,11,12). The lowest BCUT2D eigenvalue weighted by molar-refractivity contribution is 0.483. The van der Waals surface area contributed by atoms with E-state index in [1.807, 2.05) is 0 Å². The second-order valence-corrected chi connectivity index (χ2v) is 4.48. The number of halogens is 2. The molecule has 1 aromatic rings. The van der Waals surface area contributed by atoms with Gasteiger partial charge in [0.25, 0.3) is 10.1 Å². The summed E-state index contributed by atoms with van der Waals surface area (Å²) in [6, 6.07) is 2.15. The van der Waals surface area contributed by atoms with Gasteiger partial charge >= 0.3 is 0 Å². The quantitative estimate of drug-likeness (QED) is 0.581. The van der Waals surface area contributed by atoms with Crippen molar-refractivity contribution in [2.45, 2.75) is 4.90 Å². The molecule has 0 unspecified atom stereocenters. The minimum absolute atomic E-state index is 0.0405. The first-order chi connectivity index (χ1) is 5.82. The van der Waals surface area contributed by atoms with Gasteiger partial charge in [-0.15, -0.1) is 0 Å². The third-order valence-electron chi connectivity index (χ3n) is 1.33. The Balaban J connectivity index is 3.50. The molecule has 0 heterocycles. The molecule has 0 spiro atoms. The molecule has 4 nitrogen and oxygen atoms in total. The van der Waals surface area contributed by atoms with Crippen molar-refractivity contribution < 1.29 is 13.0 Å². The highest BCUT2D eigenvalue weighted by Gasteiger charge is 2.16. The van der Waals surface area contributed by atoms with Gasteiger partial charge in [0, 0.05) is 0 Å². The smallest absolute Gasteiger partial charge is 0.296 e. The van der Waals surface area contributed by atoms with Crippen LogP contribution in [0.25, 0.3) is 0 Å². The largest absolute Gasteiger partial charge is 0.397 e. The van der Waals surface area contributed by atoms with Gasteiger partial charge in [0.2, 0.25) is 0 Å². The molecule has 0 aliphatic heterocycles. The SMILES string of the molecule is Nc1cc(S(=O)(=O)O)c(Cl)cc1Cl. The maximum absolute atomic E-state index is 10.7.